The Labute approximate surface area is 86.1 Å². The molecule has 14 heavy (non-hydrogen) atoms. The van der Waals surface area contributed by atoms with Crippen molar-refractivity contribution in [1.82, 2.24) is 4.90 Å². The number of benzene rings is 1. The molecule has 1 heterocycles. The van der Waals surface area contributed by atoms with Gasteiger partial charge < -0.3 is 0 Å². The lowest BCUT2D eigenvalue weighted by atomic mass is 10.1. The quantitative estimate of drug-likeness (QED) is 0.700. The second-order valence-electron chi connectivity index (χ2n) is 3.69. The lowest BCUT2D eigenvalue weighted by molar-refractivity contribution is 0.300. The molecule has 73 valence electrons. The monoisotopic (exact) mass is 186 g/mol. The molecular weight excluding hydrogens is 170 g/mol. The smallest absolute Gasteiger partial charge is 0.0169 e. The highest BCUT2D eigenvalue weighted by Gasteiger charge is 2.05. The standard InChI is InChI=1S/C13H16N/c1-3-7-13(8-4-1)9-12-14-10-5-2-6-11-14/h1,3-5,7-8H,6,9-12H2. The van der Waals surface area contributed by atoms with Crippen LogP contribution in [0.25, 0.3) is 0 Å². The lowest BCUT2D eigenvalue weighted by Gasteiger charge is -2.22. The Morgan fingerprint density at radius 2 is 2.07 bits per heavy atom. The van der Waals surface area contributed by atoms with Gasteiger partial charge in [-0.25, -0.2) is 0 Å². The molecule has 1 aromatic rings. The molecule has 1 aliphatic rings. The molecule has 0 saturated carbocycles. The van der Waals surface area contributed by atoms with Crippen molar-refractivity contribution in [3.63, 3.8) is 0 Å². The van der Waals surface area contributed by atoms with Gasteiger partial charge >= 0.3 is 0 Å². The predicted octanol–water partition coefficient (Wildman–Crippen LogP) is 2.29. The van der Waals surface area contributed by atoms with Gasteiger partial charge in [-0.1, -0.05) is 36.4 Å². The molecule has 1 radical (unpaired) electrons. The summed E-state index contributed by atoms with van der Waals surface area (Å²) in [6, 6.07) is 10.7. The Morgan fingerprint density at radius 1 is 1.21 bits per heavy atom. The minimum absolute atomic E-state index is 1.08. The van der Waals surface area contributed by atoms with Gasteiger partial charge in [-0.05, 0) is 24.5 Å². The van der Waals surface area contributed by atoms with Crippen molar-refractivity contribution >= 4 is 0 Å². The van der Waals surface area contributed by atoms with Crippen LogP contribution in [0.15, 0.2) is 36.4 Å². The van der Waals surface area contributed by atoms with Crippen LogP contribution in [0.4, 0.5) is 0 Å². The van der Waals surface area contributed by atoms with E-state index in [2.05, 4.69) is 47.4 Å². The highest BCUT2D eigenvalue weighted by atomic mass is 15.1. The molecule has 0 unspecified atom stereocenters. The van der Waals surface area contributed by atoms with Gasteiger partial charge in [0, 0.05) is 19.6 Å². The minimum atomic E-state index is 1.08. The second-order valence-corrected chi connectivity index (χ2v) is 3.69. The summed E-state index contributed by atoms with van der Waals surface area (Å²) in [5, 5.41) is 0. The van der Waals surface area contributed by atoms with Crippen LogP contribution in [0.3, 0.4) is 0 Å². The molecule has 1 nitrogen and oxygen atoms in total. The Hall–Kier alpha value is -1.08. The molecule has 0 aliphatic carbocycles. The molecule has 1 aromatic carbocycles. The molecule has 0 saturated heterocycles. The third kappa shape index (κ3) is 2.71. The van der Waals surface area contributed by atoms with E-state index in [4.69, 9.17) is 0 Å². The third-order valence-electron chi connectivity index (χ3n) is 2.63. The van der Waals surface area contributed by atoms with Crippen molar-refractivity contribution in [1.29, 1.82) is 0 Å². The van der Waals surface area contributed by atoms with Gasteiger partial charge in [0.25, 0.3) is 0 Å². The first kappa shape index (κ1) is 9.47. The zero-order valence-corrected chi connectivity index (χ0v) is 8.45. The van der Waals surface area contributed by atoms with Crippen LogP contribution in [0.5, 0.6) is 0 Å². The van der Waals surface area contributed by atoms with Crippen molar-refractivity contribution in [2.75, 3.05) is 19.6 Å². The first-order valence-electron chi connectivity index (χ1n) is 5.26. The highest BCUT2D eigenvalue weighted by Crippen LogP contribution is 2.04. The van der Waals surface area contributed by atoms with Crippen molar-refractivity contribution in [3.8, 4) is 0 Å². The van der Waals surface area contributed by atoms with Gasteiger partial charge in [-0.2, -0.15) is 0 Å². The highest BCUT2D eigenvalue weighted by molar-refractivity contribution is 5.14. The Balaban J connectivity index is 1.80. The van der Waals surface area contributed by atoms with Crippen LogP contribution in [0.2, 0.25) is 0 Å². The van der Waals surface area contributed by atoms with E-state index in [1.54, 1.807) is 0 Å². The van der Waals surface area contributed by atoms with Gasteiger partial charge in [-0.15, -0.1) is 0 Å². The molecule has 0 bridgehead atoms. The average molecular weight is 186 g/mol. The third-order valence-corrected chi connectivity index (χ3v) is 2.63. The van der Waals surface area contributed by atoms with E-state index in [0.717, 1.165) is 19.4 Å². The van der Waals surface area contributed by atoms with Gasteiger partial charge in [0.2, 0.25) is 0 Å². The molecule has 1 heteroatoms. The van der Waals surface area contributed by atoms with Gasteiger partial charge in [-0.3, -0.25) is 4.90 Å². The summed E-state index contributed by atoms with van der Waals surface area (Å²) in [6.45, 7) is 3.42. The van der Waals surface area contributed by atoms with E-state index >= 15 is 0 Å². The number of hydrogen-bond donors (Lipinski definition) is 0. The van der Waals surface area contributed by atoms with Crippen LogP contribution >= 0.6 is 0 Å². The Kier molecular flexibility index (Phi) is 3.36. The summed E-state index contributed by atoms with van der Waals surface area (Å²) >= 11 is 0. The lowest BCUT2D eigenvalue weighted by Crippen LogP contribution is -2.29. The molecule has 0 spiro atoms. The molecule has 0 amide bonds. The van der Waals surface area contributed by atoms with E-state index in [1.807, 2.05) is 0 Å². The molecular formula is C13H16N. The van der Waals surface area contributed by atoms with E-state index in [1.165, 1.54) is 18.7 Å². The average Bonchev–Trinajstić information content (AvgIpc) is 2.29. The van der Waals surface area contributed by atoms with Gasteiger partial charge in [0.1, 0.15) is 0 Å². The van der Waals surface area contributed by atoms with Crippen LogP contribution in [0.1, 0.15) is 12.0 Å². The SMILES string of the molecule is [C]1=CCN(CCc2ccccc2)CC1. The first-order valence-corrected chi connectivity index (χ1v) is 5.26. The maximum Gasteiger partial charge on any atom is 0.0169 e. The summed E-state index contributed by atoms with van der Waals surface area (Å²) in [4.78, 5) is 2.48. The van der Waals surface area contributed by atoms with Gasteiger partial charge in [0.15, 0.2) is 0 Å². The predicted molar refractivity (Wildman–Crippen MR) is 59.0 cm³/mol. The zero-order valence-electron chi connectivity index (χ0n) is 8.45. The zero-order chi connectivity index (χ0) is 9.64. The molecule has 1 aliphatic heterocycles. The van der Waals surface area contributed by atoms with E-state index in [9.17, 15) is 0 Å². The molecule has 0 atom stereocenters. The van der Waals surface area contributed by atoms with Crippen molar-refractivity contribution in [2.24, 2.45) is 0 Å². The fourth-order valence-electron chi connectivity index (χ4n) is 1.74. The molecule has 0 fully saturated rings. The van der Waals surface area contributed by atoms with E-state index in [-0.39, 0.29) is 0 Å². The van der Waals surface area contributed by atoms with Crippen LogP contribution < -0.4 is 0 Å². The largest absolute Gasteiger partial charge is 0.299 e. The first-order chi connectivity index (χ1) is 6.95. The number of hydrogen-bond acceptors (Lipinski definition) is 1. The van der Waals surface area contributed by atoms with Gasteiger partial charge in [0.05, 0.1) is 0 Å². The fraction of sp³-hybridized carbons (Fsp3) is 0.385. The number of nitrogens with zero attached hydrogens (tertiary/aromatic N) is 1. The topological polar surface area (TPSA) is 3.24 Å². The number of rotatable bonds is 3. The molecule has 2 rings (SSSR count). The normalized spacial score (nSPS) is 17.1. The maximum atomic E-state index is 3.25. The molecule has 0 aromatic heterocycles. The Bertz CT molecular complexity index is 289. The van der Waals surface area contributed by atoms with Crippen LogP contribution in [0, 0.1) is 6.08 Å². The van der Waals surface area contributed by atoms with Crippen LogP contribution in [-0.2, 0) is 6.42 Å². The maximum absolute atomic E-state index is 3.25. The fourth-order valence-corrected chi connectivity index (χ4v) is 1.74. The summed E-state index contributed by atoms with van der Waals surface area (Å²) in [5.74, 6) is 0. The van der Waals surface area contributed by atoms with Crippen LogP contribution in [-0.4, -0.2) is 24.5 Å². The second kappa shape index (κ2) is 4.97. The summed E-state index contributed by atoms with van der Waals surface area (Å²) < 4.78 is 0. The molecule has 0 N–H and O–H groups in total. The van der Waals surface area contributed by atoms with Crippen molar-refractivity contribution in [2.45, 2.75) is 12.8 Å². The van der Waals surface area contributed by atoms with E-state index < -0.39 is 0 Å². The van der Waals surface area contributed by atoms with Crippen molar-refractivity contribution in [3.05, 3.63) is 48.0 Å². The Morgan fingerprint density at radius 3 is 2.79 bits per heavy atom. The van der Waals surface area contributed by atoms with E-state index in [0.29, 0.717) is 0 Å². The summed E-state index contributed by atoms with van der Waals surface area (Å²) in [7, 11) is 0. The van der Waals surface area contributed by atoms with Crippen molar-refractivity contribution < 1.29 is 0 Å². The minimum Gasteiger partial charge on any atom is -0.299 e. The summed E-state index contributed by atoms with van der Waals surface area (Å²) in [5.41, 5.74) is 1.44. The summed E-state index contributed by atoms with van der Waals surface area (Å²) in [6.07, 6.45) is 7.65.